The Bertz CT molecular complexity index is 2130. The van der Waals surface area contributed by atoms with Crippen LogP contribution in [0.4, 0.5) is 0 Å². The summed E-state index contributed by atoms with van der Waals surface area (Å²) in [6.07, 6.45) is -0.0765. The molecule has 276 valence electrons. The van der Waals surface area contributed by atoms with Crippen molar-refractivity contribution in [2.24, 2.45) is 5.92 Å². The minimum Gasteiger partial charge on any atom is -0.493 e. The molecule has 0 aromatic heterocycles. The number of nitrogens with zero attached hydrogens (tertiary/aromatic N) is 2. The van der Waals surface area contributed by atoms with Gasteiger partial charge >= 0.3 is 0 Å². The van der Waals surface area contributed by atoms with Crippen LogP contribution >= 0.6 is 0 Å². The highest BCUT2D eigenvalue weighted by molar-refractivity contribution is 6.21. The van der Waals surface area contributed by atoms with Crippen LogP contribution in [-0.4, -0.2) is 60.1 Å². The fraction of sp³-hybridized carbons (Fsp3) is 0.289. The number of benzene rings is 5. The van der Waals surface area contributed by atoms with Crippen molar-refractivity contribution in [1.82, 2.24) is 9.80 Å². The van der Waals surface area contributed by atoms with E-state index in [0.29, 0.717) is 11.1 Å². The maximum Gasteiger partial charge on any atom is 0.261 e. The molecule has 0 saturated carbocycles. The van der Waals surface area contributed by atoms with Crippen molar-refractivity contribution in [3.63, 3.8) is 0 Å². The van der Waals surface area contributed by atoms with Gasteiger partial charge in [0.25, 0.3) is 11.8 Å². The third-order valence-corrected chi connectivity index (χ3v) is 11.1. The molecule has 3 heterocycles. The summed E-state index contributed by atoms with van der Waals surface area (Å²) in [7, 11) is 3.33. The Kier molecular flexibility index (Phi) is 10.0. The molecular formula is C45H44N2O7. The predicted molar refractivity (Wildman–Crippen MR) is 204 cm³/mol. The second kappa shape index (κ2) is 15.2. The summed E-state index contributed by atoms with van der Waals surface area (Å²) < 4.78 is 24.8. The number of methoxy groups -OCH3 is 2. The minimum atomic E-state index is -0.613. The molecule has 0 bridgehead atoms. The van der Waals surface area contributed by atoms with Crippen LogP contribution in [0.1, 0.15) is 73.4 Å². The van der Waals surface area contributed by atoms with E-state index in [9.17, 15) is 14.7 Å². The van der Waals surface area contributed by atoms with Crippen LogP contribution in [0.5, 0.6) is 11.5 Å². The minimum absolute atomic E-state index is 0.0173. The van der Waals surface area contributed by atoms with Gasteiger partial charge in [-0.3, -0.25) is 19.4 Å². The number of imide groups is 1. The monoisotopic (exact) mass is 724 g/mol. The lowest BCUT2D eigenvalue weighted by Gasteiger charge is -2.43. The third-order valence-electron chi connectivity index (χ3n) is 11.1. The van der Waals surface area contributed by atoms with Gasteiger partial charge in [-0.15, -0.1) is 0 Å². The van der Waals surface area contributed by atoms with Gasteiger partial charge < -0.3 is 24.1 Å². The van der Waals surface area contributed by atoms with E-state index in [1.165, 1.54) is 16.0 Å². The van der Waals surface area contributed by atoms with Gasteiger partial charge in [0.15, 0.2) is 17.8 Å². The zero-order valence-corrected chi connectivity index (χ0v) is 30.7. The molecule has 8 rings (SSSR count). The molecule has 5 aromatic rings. The first-order valence-corrected chi connectivity index (χ1v) is 18.5. The third kappa shape index (κ3) is 6.80. The Balaban J connectivity index is 1.04. The molecule has 9 nitrogen and oxygen atoms in total. The van der Waals surface area contributed by atoms with Crippen molar-refractivity contribution in [1.29, 1.82) is 0 Å². The first-order chi connectivity index (χ1) is 26.3. The molecule has 4 atom stereocenters. The second-order valence-corrected chi connectivity index (χ2v) is 14.3. The largest absolute Gasteiger partial charge is 0.493 e. The standard InChI is InChI=1S/C45H44N2O7/c1-28-41(26-46-21-20-33-22-39(51-2)40(52-3)23-35(33)24-46)53-45(54-42(28)31-14-12-29(27-48)13-15-31)32-18-16-30(17-19-32)36-9-5-4-8-34(36)25-47-43(49)37-10-6-7-11-38(37)44(47)50/h4-19,22-23,28,41-42,45,48H,20-21,24-27H2,1-3H3. The number of hydrogen-bond acceptors (Lipinski definition) is 8. The average Bonchev–Trinajstić information content (AvgIpc) is 3.46. The highest BCUT2D eigenvalue weighted by Crippen LogP contribution is 2.43. The van der Waals surface area contributed by atoms with E-state index < -0.39 is 6.29 Å². The van der Waals surface area contributed by atoms with E-state index in [2.05, 4.69) is 24.0 Å². The van der Waals surface area contributed by atoms with Gasteiger partial charge in [-0.2, -0.15) is 0 Å². The van der Waals surface area contributed by atoms with Crippen molar-refractivity contribution in [3.05, 3.63) is 154 Å². The van der Waals surface area contributed by atoms with Crippen LogP contribution in [-0.2, 0) is 35.6 Å². The number of carbonyl (C=O) groups is 2. The Morgan fingerprint density at radius 3 is 2.00 bits per heavy atom. The van der Waals surface area contributed by atoms with Gasteiger partial charge in [0.05, 0.1) is 50.7 Å². The molecule has 1 fully saturated rings. The fourth-order valence-electron chi connectivity index (χ4n) is 7.99. The maximum atomic E-state index is 13.2. The smallest absolute Gasteiger partial charge is 0.261 e. The number of aliphatic hydroxyl groups excluding tert-OH is 1. The van der Waals surface area contributed by atoms with Crippen molar-refractivity contribution in [3.8, 4) is 22.6 Å². The molecule has 0 radical (unpaired) electrons. The zero-order chi connectivity index (χ0) is 37.3. The number of hydrogen-bond donors (Lipinski definition) is 1. The lowest BCUT2D eigenvalue weighted by Crippen LogP contribution is -2.45. The van der Waals surface area contributed by atoms with E-state index in [1.807, 2.05) is 72.8 Å². The van der Waals surface area contributed by atoms with E-state index in [-0.39, 0.29) is 43.1 Å². The summed E-state index contributed by atoms with van der Waals surface area (Å²) in [4.78, 5) is 30.1. The number of amides is 2. The van der Waals surface area contributed by atoms with Gasteiger partial charge in [0.2, 0.25) is 0 Å². The summed E-state index contributed by atoms with van der Waals surface area (Å²) in [5.41, 5.74) is 8.95. The summed E-state index contributed by atoms with van der Waals surface area (Å²) in [5.74, 6) is 0.980. The number of carbonyl (C=O) groups excluding carboxylic acids is 2. The lowest BCUT2D eigenvalue weighted by molar-refractivity contribution is -0.276. The number of aliphatic hydroxyl groups is 1. The van der Waals surface area contributed by atoms with Gasteiger partial charge in [-0.1, -0.05) is 91.9 Å². The van der Waals surface area contributed by atoms with Gasteiger partial charge in [-0.25, -0.2) is 0 Å². The van der Waals surface area contributed by atoms with Crippen molar-refractivity contribution < 1.29 is 33.6 Å². The van der Waals surface area contributed by atoms with Crippen molar-refractivity contribution >= 4 is 11.8 Å². The van der Waals surface area contributed by atoms with Crippen LogP contribution in [0, 0.1) is 5.92 Å². The normalized spacial score (nSPS) is 21.1. The summed E-state index contributed by atoms with van der Waals surface area (Å²) in [6, 6.07) is 35.2. The predicted octanol–water partition coefficient (Wildman–Crippen LogP) is 7.51. The van der Waals surface area contributed by atoms with E-state index in [0.717, 1.165) is 70.9 Å². The molecule has 9 heteroatoms. The van der Waals surface area contributed by atoms with E-state index in [1.54, 1.807) is 38.5 Å². The highest BCUT2D eigenvalue weighted by Gasteiger charge is 2.40. The zero-order valence-electron chi connectivity index (χ0n) is 30.7. The van der Waals surface area contributed by atoms with Crippen LogP contribution in [0.2, 0.25) is 0 Å². The molecule has 3 aliphatic rings. The lowest BCUT2D eigenvalue weighted by atomic mass is 9.89. The Morgan fingerprint density at radius 1 is 0.741 bits per heavy atom. The molecule has 1 N–H and O–H groups in total. The number of rotatable bonds is 10. The Labute approximate surface area is 315 Å². The molecule has 4 unspecified atom stereocenters. The first kappa shape index (κ1) is 35.7. The molecule has 2 amide bonds. The second-order valence-electron chi connectivity index (χ2n) is 14.3. The van der Waals surface area contributed by atoms with Gasteiger partial charge in [0.1, 0.15) is 0 Å². The molecule has 3 aliphatic heterocycles. The molecule has 0 spiro atoms. The molecule has 54 heavy (non-hydrogen) atoms. The van der Waals surface area contributed by atoms with Crippen molar-refractivity contribution in [2.45, 2.75) is 51.5 Å². The summed E-state index contributed by atoms with van der Waals surface area (Å²) in [5, 5.41) is 9.69. The Hall–Kier alpha value is -5.32. The van der Waals surface area contributed by atoms with Gasteiger partial charge in [-0.05, 0) is 69.6 Å². The number of fused-ring (bicyclic) bond motifs is 2. The van der Waals surface area contributed by atoms with E-state index in [4.69, 9.17) is 18.9 Å². The topological polar surface area (TPSA) is 97.8 Å². The van der Waals surface area contributed by atoms with Crippen LogP contribution < -0.4 is 9.47 Å². The Morgan fingerprint density at radius 2 is 1.35 bits per heavy atom. The average molecular weight is 725 g/mol. The van der Waals surface area contributed by atoms with Crippen molar-refractivity contribution in [2.75, 3.05) is 27.3 Å². The summed E-state index contributed by atoms with van der Waals surface area (Å²) >= 11 is 0. The molecule has 0 aliphatic carbocycles. The van der Waals surface area contributed by atoms with Crippen LogP contribution in [0.3, 0.4) is 0 Å². The SMILES string of the molecule is COc1cc2c(cc1OC)CN(CC1OC(c3ccc(-c4ccccc4CN4C(=O)c5ccccc5C4=O)cc3)OC(c3ccc(CO)cc3)C1C)CC2. The quantitative estimate of drug-likeness (QED) is 0.148. The fourth-order valence-corrected chi connectivity index (χ4v) is 7.99. The number of ether oxygens (including phenoxy) is 4. The van der Waals surface area contributed by atoms with E-state index >= 15 is 0 Å². The van der Waals surface area contributed by atoms with Gasteiger partial charge in [0, 0.05) is 31.1 Å². The van der Waals surface area contributed by atoms with Crippen LogP contribution in [0.25, 0.3) is 11.1 Å². The molecule has 5 aromatic carbocycles. The summed E-state index contributed by atoms with van der Waals surface area (Å²) in [6.45, 7) is 4.74. The molecular weight excluding hydrogens is 681 g/mol. The molecule has 1 saturated heterocycles. The maximum absolute atomic E-state index is 13.2. The van der Waals surface area contributed by atoms with Crippen LogP contribution in [0.15, 0.2) is 109 Å². The first-order valence-electron chi connectivity index (χ1n) is 18.5. The highest BCUT2D eigenvalue weighted by atomic mass is 16.7.